The van der Waals surface area contributed by atoms with Crippen molar-refractivity contribution in [1.29, 1.82) is 0 Å². The summed E-state index contributed by atoms with van der Waals surface area (Å²) in [6, 6.07) is 9.65. The molecule has 0 radical (unpaired) electrons. The summed E-state index contributed by atoms with van der Waals surface area (Å²) < 4.78 is 41.1. The van der Waals surface area contributed by atoms with Crippen LogP contribution in [0.3, 0.4) is 0 Å². The summed E-state index contributed by atoms with van der Waals surface area (Å²) in [5, 5.41) is 18.5. The van der Waals surface area contributed by atoms with E-state index in [-0.39, 0.29) is 16.9 Å². The highest BCUT2D eigenvalue weighted by Gasteiger charge is 2.34. The standard InChI is InChI=1S/C18H12ClF3N4O2/c19-13-6-5-10(9-12(13)18(20,21)22)16-11-7-8-23-17(11)25(24-16)14-3-1-2-4-15(14)26(27)28/h1-6,9,23H,7-8H2. The molecule has 3 aromatic rings. The fraction of sp³-hybridized carbons (Fsp3) is 0.167. The summed E-state index contributed by atoms with van der Waals surface area (Å²) in [7, 11) is 0. The number of fused-ring (bicyclic) bond motifs is 1. The van der Waals surface area contributed by atoms with Gasteiger partial charge in [-0.3, -0.25) is 10.1 Å². The number of nitrogens with zero attached hydrogens (tertiary/aromatic N) is 3. The van der Waals surface area contributed by atoms with Crippen molar-refractivity contribution in [2.24, 2.45) is 0 Å². The minimum absolute atomic E-state index is 0.153. The zero-order valence-corrected chi connectivity index (χ0v) is 14.9. The van der Waals surface area contributed by atoms with Gasteiger partial charge in [-0.1, -0.05) is 29.8 Å². The molecule has 1 aliphatic heterocycles. The van der Waals surface area contributed by atoms with E-state index in [9.17, 15) is 23.3 Å². The molecular weight excluding hydrogens is 397 g/mol. The first kappa shape index (κ1) is 18.3. The van der Waals surface area contributed by atoms with Gasteiger partial charge in [0, 0.05) is 23.7 Å². The fourth-order valence-corrected chi connectivity index (χ4v) is 3.49. The Kier molecular flexibility index (Phi) is 4.26. The van der Waals surface area contributed by atoms with Crippen molar-refractivity contribution in [1.82, 2.24) is 9.78 Å². The van der Waals surface area contributed by atoms with E-state index in [1.807, 2.05) is 0 Å². The maximum absolute atomic E-state index is 13.2. The number of halogens is 4. The molecule has 144 valence electrons. The average Bonchev–Trinajstić information content (AvgIpc) is 3.24. The van der Waals surface area contributed by atoms with Crippen molar-refractivity contribution in [2.75, 3.05) is 11.9 Å². The summed E-state index contributed by atoms with van der Waals surface area (Å²) in [4.78, 5) is 10.8. The molecule has 10 heteroatoms. The number of benzene rings is 2. The van der Waals surface area contributed by atoms with Gasteiger partial charge in [-0.2, -0.15) is 18.3 Å². The van der Waals surface area contributed by atoms with Crippen molar-refractivity contribution < 1.29 is 18.1 Å². The Morgan fingerprint density at radius 1 is 1.21 bits per heavy atom. The minimum Gasteiger partial charge on any atom is -0.369 e. The second kappa shape index (κ2) is 6.52. The second-order valence-electron chi connectivity index (χ2n) is 6.20. The van der Waals surface area contributed by atoms with Crippen LogP contribution in [0.2, 0.25) is 5.02 Å². The Labute approximate surface area is 161 Å². The fourth-order valence-electron chi connectivity index (χ4n) is 3.27. The molecule has 1 N–H and O–H groups in total. The van der Waals surface area contributed by atoms with Crippen LogP contribution in [0.5, 0.6) is 0 Å². The summed E-state index contributed by atoms with van der Waals surface area (Å²) in [6.07, 6.45) is -4.06. The van der Waals surface area contributed by atoms with Crippen molar-refractivity contribution >= 4 is 23.1 Å². The lowest BCUT2D eigenvalue weighted by Gasteiger charge is -2.10. The Morgan fingerprint density at radius 2 is 1.96 bits per heavy atom. The van der Waals surface area contributed by atoms with E-state index in [4.69, 9.17) is 11.6 Å². The molecule has 0 unspecified atom stereocenters. The van der Waals surface area contributed by atoms with Crippen LogP contribution in [0.1, 0.15) is 11.1 Å². The van der Waals surface area contributed by atoms with Crippen molar-refractivity contribution in [3.8, 4) is 16.9 Å². The quantitative estimate of drug-likeness (QED) is 0.484. The van der Waals surface area contributed by atoms with Crippen LogP contribution >= 0.6 is 11.6 Å². The number of anilines is 1. The zero-order valence-electron chi connectivity index (χ0n) is 14.1. The molecule has 4 rings (SSSR count). The third-order valence-electron chi connectivity index (χ3n) is 4.50. The zero-order chi connectivity index (χ0) is 20.1. The molecular formula is C18H12ClF3N4O2. The van der Waals surface area contributed by atoms with Crippen molar-refractivity contribution in [2.45, 2.75) is 12.6 Å². The molecule has 6 nitrogen and oxygen atoms in total. The summed E-state index contributed by atoms with van der Waals surface area (Å²) in [5.41, 5.74) is 0.407. The van der Waals surface area contributed by atoms with E-state index >= 15 is 0 Å². The summed E-state index contributed by atoms with van der Waals surface area (Å²) in [5.74, 6) is 0.535. The molecule has 1 aromatic heterocycles. The molecule has 0 aliphatic carbocycles. The third kappa shape index (κ3) is 2.97. The van der Waals surface area contributed by atoms with Crippen molar-refractivity contribution in [3.63, 3.8) is 0 Å². The number of hydrogen-bond donors (Lipinski definition) is 1. The predicted molar refractivity (Wildman–Crippen MR) is 97.9 cm³/mol. The second-order valence-corrected chi connectivity index (χ2v) is 6.61. The van der Waals surface area contributed by atoms with Crippen LogP contribution in [0.25, 0.3) is 16.9 Å². The Balaban J connectivity index is 1.91. The van der Waals surface area contributed by atoms with E-state index in [0.717, 1.165) is 6.07 Å². The normalized spacial score (nSPS) is 13.3. The summed E-state index contributed by atoms with van der Waals surface area (Å²) >= 11 is 5.71. The number of nitrogens with one attached hydrogen (secondary N) is 1. The molecule has 0 saturated carbocycles. The van der Waals surface area contributed by atoms with Crippen LogP contribution in [0.15, 0.2) is 42.5 Å². The van der Waals surface area contributed by atoms with E-state index in [1.165, 1.54) is 35.0 Å². The average molecular weight is 409 g/mol. The number of rotatable bonds is 3. The highest BCUT2D eigenvalue weighted by atomic mass is 35.5. The van der Waals surface area contributed by atoms with Gasteiger partial charge in [0.2, 0.25) is 0 Å². The van der Waals surface area contributed by atoms with E-state index < -0.39 is 21.7 Å². The highest BCUT2D eigenvalue weighted by molar-refractivity contribution is 6.31. The van der Waals surface area contributed by atoms with E-state index in [0.29, 0.717) is 30.0 Å². The number of hydrogen-bond acceptors (Lipinski definition) is 4. The topological polar surface area (TPSA) is 73.0 Å². The minimum atomic E-state index is -4.60. The van der Waals surface area contributed by atoms with Gasteiger partial charge in [0.15, 0.2) is 0 Å². The molecule has 0 saturated heterocycles. The van der Waals surface area contributed by atoms with Gasteiger partial charge in [0.05, 0.1) is 21.2 Å². The number of nitro benzene ring substituents is 1. The Hall–Kier alpha value is -3.07. The first-order valence-corrected chi connectivity index (χ1v) is 8.62. The maximum atomic E-state index is 13.2. The van der Waals surface area contributed by atoms with Gasteiger partial charge >= 0.3 is 6.18 Å². The third-order valence-corrected chi connectivity index (χ3v) is 4.83. The number of para-hydroxylation sites is 2. The molecule has 2 heterocycles. The van der Waals surface area contributed by atoms with Crippen molar-refractivity contribution in [3.05, 3.63) is 68.7 Å². The van der Waals surface area contributed by atoms with Gasteiger partial charge in [0.25, 0.3) is 5.69 Å². The molecule has 0 bridgehead atoms. The van der Waals surface area contributed by atoms with Crippen LogP contribution in [0.4, 0.5) is 24.7 Å². The van der Waals surface area contributed by atoms with Crippen LogP contribution in [0, 0.1) is 10.1 Å². The van der Waals surface area contributed by atoms with Gasteiger partial charge in [-0.15, -0.1) is 0 Å². The largest absolute Gasteiger partial charge is 0.417 e. The van der Waals surface area contributed by atoms with Gasteiger partial charge in [-0.25, -0.2) is 4.68 Å². The number of alkyl halides is 3. The lowest BCUT2D eigenvalue weighted by Crippen LogP contribution is -2.07. The van der Waals surface area contributed by atoms with E-state index in [1.54, 1.807) is 6.07 Å². The predicted octanol–water partition coefficient (Wildman–Crippen LogP) is 5.09. The van der Waals surface area contributed by atoms with Crippen LogP contribution in [-0.2, 0) is 12.6 Å². The maximum Gasteiger partial charge on any atom is 0.417 e. The first-order valence-electron chi connectivity index (χ1n) is 8.24. The number of nitro groups is 1. The number of aromatic nitrogens is 2. The summed E-state index contributed by atoms with van der Waals surface area (Å²) in [6.45, 7) is 0.556. The lowest BCUT2D eigenvalue weighted by molar-refractivity contribution is -0.384. The van der Waals surface area contributed by atoms with Gasteiger partial charge in [-0.05, 0) is 24.6 Å². The Bertz CT molecular complexity index is 1090. The highest BCUT2D eigenvalue weighted by Crippen LogP contribution is 2.40. The molecule has 1 aliphatic rings. The first-order chi connectivity index (χ1) is 13.3. The molecule has 0 amide bonds. The van der Waals surface area contributed by atoms with Crippen LogP contribution < -0.4 is 5.32 Å². The van der Waals surface area contributed by atoms with Crippen LogP contribution in [-0.4, -0.2) is 21.2 Å². The smallest absolute Gasteiger partial charge is 0.369 e. The van der Waals surface area contributed by atoms with E-state index in [2.05, 4.69) is 10.4 Å². The molecule has 0 fully saturated rings. The SMILES string of the molecule is O=[N+]([O-])c1ccccc1-n1nc(-c2ccc(Cl)c(C(F)(F)F)c2)c2c1NCC2. The molecule has 0 spiro atoms. The molecule has 2 aromatic carbocycles. The van der Waals surface area contributed by atoms with Gasteiger partial charge < -0.3 is 5.32 Å². The Morgan fingerprint density at radius 3 is 2.68 bits per heavy atom. The van der Waals surface area contributed by atoms with Gasteiger partial charge in [0.1, 0.15) is 11.5 Å². The monoisotopic (exact) mass is 408 g/mol. The lowest BCUT2D eigenvalue weighted by atomic mass is 10.0. The molecule has 0 atom stereocenters. The molecule has 28 heavy (non-hydrogen) atoms.